The van der Waals surface area contributed by atoms with Gasteiger partial charge in [0, 0.05) is 18.4 Å². The molecule has 0 bridgehead atoms. The van der Waals surface area contributed by atoms with Gasteiger partial charge in [0.05, 0.1) is 11.6 Å². The molecule has 1 aliphatic rings. The average Bonchev–Trinajstić information content (AvgIpc) is 2.34. The van der Waals surface area contributed by atoms with Crippen LogP contribution in [0.4, 0.5) is 0 Å². The minimum atomic E-state index is -0.318. The first-order valence-electron chi connectivity index (χ1n) is 6.10. The average molecular weight is 280 g/mol. The fourth-order valence-corrected chi connectivity index (χ4v) is 2.36. The summed E-state index contributed by atoms with van der Waals surface area (Å²) < 4.78 is 0. The Morgan fingerprint density at radius 3 is 2.42 bits per heavy atom. The van der Waals surface area contributed by atoms with Gasteiger partial charge in [-0.2, -0.15) is 0 Å². The van der Waals surface area contributed by atoms with Gasteiger partial charge in [0.25, 0.3) is 0 Å². The quantitative estimate of drug-likeness (QED) is 0.630. The molecule has 0 aromatic heterocycles. The van der Waals surface area contributed by atoms with Crippen molar-refractivity contribution >= 4 is 29.2 Å². The Morgan fingerprint density at radius 2 is 1.84 bits per heavy atom. The number of hydrogen-bond donors (Lipinski definition) is 0. The minimum absolute atomic E-state index is 0.0478. The van der Waals surface area contributed by atoms with Gasteiger partial charge >= 0.3 is 0 Å². The predicted octanol–water partition coefficient (Wildman–Crippen LogP) is 2.31. The van der Waals surface area contributed by atoms with E-state index in [1.165, 1.54) is 0 Å². The molecule has 1 saturated heterocycles. The highest BCUT2D eigenvalue weighted by Crippen LogP contribution is 2.21. The number of rotatable bonds is 3. The van der Waals surface area contributed by atoms with Crippen LogP contribution in [0.2, 0.25) is 5.02 Å². The number of amides is 2. The van der Waals surface area contributed by atoms with Crippen molar-refractivity contribution in [1.82, 2.24) is 4.90 Å². The molecule has 100 valence electrons. The topological polar surface area (TPSA) is 54.5 Å². The molecule has 0 atom stereocenters. The van der Waals surface area contributed by atoms with E-state index >= 15 is 0 Å². The number of hydrogen-bond acceptors (Lipinski definition) is 3. The molecule has 2 rings (SSSR count). The molecule has 0 radical (unpaired) electrons. The molecular formula is C14H14ClNO3. The van der Waals surface area contributed by atoms with Gasteiger partial charge in [0.1, 0.15) is 0 Å². The van der Waals surface area contributed by atoms with Crippen molar-refractivity contribution in [3.05, 3.63) is 34.9 Å². The first kappa shape index (κ1) is 13.7. The van der Waals surface area contributed by atoms with Crippen molar-refractivity contribution < 1.29 is 14.4 Å². The maximum Gasteiger partial charge on any atom is 0.229 e. The second-order valence-corrected chi connectivity index (χ2v) is 5.20. The summed E-state index contributed by atoms with van der Waals surface area (Å²) in [6, 6.07) is 6.61. The first-order valence-corrected chi connectivity index (χ1v) is 6.47. The highest BCUT2D eigenvalue weighted by Gasteiger charge is 2.31. The Balaban J connectivity index is 2.13. The predicted molar refractivity (Wildman–Crippen MR) is 70.9 cm³/mol. The number of carbonyl (C=O) groups excluding carboxylic acids is 3. The third kappa shape index (κ3) is 3.01. The van der Waals surface area contributed by atoms with Crippen molar-refractivity contribution in [3.63, 3.8) is 0 Å². The Hall–Kier alpha value is -1.68. The van der Waals surface area contributed by atoms with Crippen molar-refractivity contribution in [1.29, 1.82) is 0 Å². The Morgan fingerprint density at radius 1 is 1.26 bits per heavy atom. The van der Waals surface area contributed by atoms with Crippen LogP contribution in [0.5, 0.6) is 0 Å². The Labute approximate surface area is 116 Å². The summed E-state index contributed by atoms with van der Waals surface area (Å²) in [6.45, 7) is 1.62. The molecule has 4 nitrogen and oxygen atoms in total. The van der Waals surface area contributed by atoms with Crippen molar-refractivity contribution in [2.75, 3.05) is 6.54 Å². The second-order valence-electron chi connectivity index (χ2n) is 4.79. The maximum absolute atomic E-state index is 12.1. The second kappa shape index (κ2) is 5.53. The first-order chi connectivity index (χ1) is 8.99. The van der Waals surface area contributed by atoms with Crippen LogP contribution in [0.25, 0.3) is 0 Å². The zero-order chi connectivity index (χ0) is 14.0. The molecule has 0 aliphatic carbocycles. The number of likely N-dealkylation sites (tertiary alicyclic amines) is 1. The summed E-state index contributed by atoms with van der Waals surface area (Å²) in [4.78, 5) is 36.7. The summed E-state index contributed by atoms with van der Waals surface area (Å²) in [5.41, 5.74) is 0.336. The molecule has 0 saturated carbocycles. The number of halogens is 1. The SMILES string of the molecule is CC1CC(=O)N(CC(=O)c2ccccc2Cl)C(=O)C1. The molecule has 1 fully saturated rings. The number of benzene rings is 1. The molecule has 1 aromatic carbocycles. The summed E-state index contributed by atoms with van der Waals surface area (Å²) in [5, 5.41) is 0.331. The monoisotopic (exact) mass is 279 g/mol. The van der Waals surface area contributed by atoms with E-state index in [-0.39, 0.29) is 30.1 Å². The molecule has 1 aromatic rings. The molecule has 0 N–H and O–H groups in total. The van der Waals surface area contributed by atoms with Crippen LogP contribution >= 0.6 is 11.6 Å². The summed E-state index contributed by atoms with van der Waals surface area (Å²) in [6.07, 6.45) is 0.614. The normalized spacial score (nSPS) is 16.8. The molecule has 0 unspecified atom stereocenters. The third-order valence-electron chi connectivity index (χ3n) is 3.12. The van der Waals surface area contributed by atoms with Gasteiger partial charge in [0.15, 0.2) is 5.78 Å². The van der Waals surface area contributed by atoms with Crippen LogP contribution < -0.4 is 0 Å². The van der Waals surface area contributed by atoms with Gasteiger partial charge in [-0.15, -0.1) is 0 Å². The fraction of sp³-hybridized carbons (Fsp3) is 0.357. The fourth-order valence-electron chi connectivity index (χ4n) is 2.12. The van der Waals surface area contributed by atoms with Gasteiger partial charge in [0.2, 0.25) is 11.8 Å². The van der Waals surface area contributed by atoms with E-state index in [1.807, 2.05) is 6.92 Å². The van der Waals surface area contributed by atoms with E-state index in [9.17, 15) is 14.4 Å². The zero-order valence-electron chi connectivity index (χ0n) is 10.6. The Bertz CT molecular complexity index is 523. The lowest BCUT2D eigenvalue weighted by Gasteiger charge is -2.27. The lowest BCUT2D eigenvalue weighted by Crippen LogP contribution is -2.45. The van der Waals surface area contributed by atoms with Gasteiger partial charge in [-0.3, -0.25) is 19.3 Å². The van der Waals surface area contributed by atoms with E-state index in [2.05, 4.69) is 0 Å². The van der Waals surface area contributed by atoms with Crippen LogP contribution in [0, 0.1) is 5.92 Å². The number of carbonyl (C=O) groups is 3. The molecule has 1 heterocycles. The van der Waals surface area contributed by atoms with Crippen LogP contribution in [0.15, 0.2) is 24.3 Å². The lowest BCUT2D eigenvalue weighted by molar-refractivity contribution is -0.149. The van der Waals surface area contributed by atoms with Gasteiger partial charge in [-0.1, -0.05) is 30.7 Å². The van der Waals surface area contributed by atoms with E-state index in [0.717, 1.165) is 4.90 Å². The third-order valence-corrected chi connectivity index (χ3v) is 3.45. The summed E-state index contributed by atoms with van der Waals surface area (Å²) in [7, 11) is 0. The number of imide groups is 1. The van der Waals surface area contributed by atoms with Crippen LogP contribution in [0.3, 0.4) is 0 Å². The number of Topliss-reactive ketones (excluding diaryl/α,β-unsaturated/α-hetero) is 1. The number of nitrogens with zero attached hydrogens (tertiary/aromatic N) is 1. The van der Waals surface area contributed by atoms with Gasteiger partial charge in [-0.05, 0) is 18.1 Å². The number of piperidine rings is 1. The maximum atomic E-state index is 12.1. The summed E-state index contributed by atoms with van der Waals surface area (Å²) >= 11 is 5.92. The van der Waals surface area contributed by atoms with E-state index in [4.69, 9.17) is 11.6 Å². The highest BCUT2D eigenvalue weighted by atomic mass is 35.5. The van der Waals surface area contributed by atoms with Gasteiger partial charge in [-0.25, -0.2) is 0 Å². The van der Waals surface area contributed by atoms with E-state index in [0.29, 0.717) is 23.4 Å². The largest absolute Gasteiger partial charge is 0.292 e. The number of ketones is 1. The van der Waals surface area contributed by atoms with Crippen LogP contribution in [-0.4, -0.2) is 29.0 Å². The smallest absolute Gasteiger partial charge is 0.229 e. The van der Waals surface area contributed by atoms with Crippen molar-refractivity contribution in [3.8, 4) is 0 Å². The van der Waals surface area contributed by atoms with E-state index in [1.54, 1.807) is 24.3 Å². The molecule has 19 heavy (non-hydrogen) atoms. The minimum Gasteiger partial charge on any atom is -0.292 e. The summed E-state index contributed by atoms with van der Waals surface area (Å²) in [5.74, 6) is -0.846. The molecule has 1 aliphatic heterocycles. The molecule has 5 heteroatoms. The van der Waals surface area contributed by atoms with Crippen molar-refractivity contribution in [2.45, 2.75) is 19.8 Å². The van der Waals surface area contributed by atoms with Crippen molar-refractivity contribution in [2.24, 2.45) is 5.92 Å². The molecule has 2 amide bonds. The van der Waals surface area contributed by atoms with Crippen LogP contribution in [-0.2, 0) is 9.59 Å². The Kier molecular flexibility index (Phi) is 4.00. The molecule has 0 spiro atoms. The highest BCUT2D eigenvalue weighted by molar-refractivity contribution is 6.34. The zero-order valence-corrected chi connectivity index (χ0v) is 11.3. The van der Waals surface area contributed by atoms with Crippen LogP contribution in [0.1, 0.15) is 30.1 Å². The lowest BCUT2D eigenvalue weighted by atomic mass is 9.97. The standard InChI is InChI=1S/C14H14ClNO3/c1-9-6-13(18)16(14(19)7-9)8-12(17)10-4-2-3-5-11(10)15/h2-5,9H,6-8H2,1H3. The van der Waals surface area contributed by atoms with E-state index < -0.39 is 0 Å². The van der Waals surface area contributed by atoms with Gasteiger partial charge < -0.3 is 0 Å². The molecular weight excluding hydrogens is 266 g/mol.